The zero-order valence-corrected chi connectivity index (χ0v) is 16.8. The molecule has 2 aromatic rings. The molecule has 0 radical (unpaired) electrons. The monoisotopic (exact) mass is 401 g/mol. The van der Waals surface area contributed by atoms with Crippen LogP contribution in [0.4, 0.5) is 0 Å². The Kier molecular flexibility index (Phi) is 10.6. The van der Waals surface area contributed by atoms with Crippen LogP contribution in [0.25, 0.3) is 0 Å². The fraction of sp³-hybridized carbons (Fsp3) is 0.273. The van der Waals surface area contributed by atoms with Crippen molar-refractivity contribution < 1.29 is 29.3 Å². The highest BCUT2D eigenvalue weighted by atomic mass is 16.5. The molecule has 2 rings (SSSR count). The standard InChI is InChI=1S/C18H23NO2.C4H4O4/c1-19(2)14-13-16(15-9-5-4-6-10-15)21-18-12-8-7-11-17(18)20-3;5-3(6)1-2-4(7)8/h4-12,16H,13-14H2,1-3H3;1-2H,(H,5,6)(H,7,8)/b;2-1-. The van der Waals surface area contributed by atoms with E-state index in [1.54, 1.807) is 7.11 Å². The molecule has 0 aliphatic carbocycles. The van der Waals surface area contributed by atoms with E-state index >= 15 is 0 Å². The van der Waals surface area contributed by atoms with Crippen molar-refractivity contribution in [2.75, 3.05) is 27.7 Å². The van der Waals surface area contributed by atoms with Gasteiger partial charge in [-0.25, -0.2) is 9.59 Å². The lowest BCUT2D eigenvalue weighted by Crippen LogP contribution is -2.19. The van der Waals surface area contributed by atoms with Crippen LogP contribution >= 0.6 is 0 Å². The van der Waals surface area contributed by atoms with Crippen LogP contribution in [0.15, 0.2) is 66.7 Å². The molecule has 0 heterocycles. The van der Waals surface area contributed by atoms with Gasteiger partial charge in [-0.2, -0.15) is 0 Å². The van der Waals surface area contributed by atoms with Crippen LogP contribution in [-0.4, -0.2) is 54.8 Å². The molecule has 1 unspecified atom stereocenters. The highest BCUT2D eigenvalue weighted by molar-refractivity contribution is 5.89. The van der Waals surface area contributed by atoms with Gasteiger partial charge in [-0.05, 0) is 31.8 Å². The lowest BCUT2D eigenvalue weighted by Gasteiger charge is -2.22. The van der Waals surface area contributed by atoms with E-state index in [9.17, 15) is 9.59 Å². The van der Waals surface area contributed by atoms with Crippen molar-refractivity contribution in [3.63, 3.8) is 0 Å². The first-order valence-corrected chi connectivity index (χ1v) is 8.96. The Morgan fingerprint density at radius 1 is 0.931 bits per heavy atom. The number of aliphatic carboxylic acids is 2. The molecule has 2 N–H and O–H groups in total. The normalized spacial score (nSPS) is 11.4. The Morgan fingerprint density at radius 2 is 1.45 bits per heavy atom. The third-order valence-corrected chi connectivity index (χ3v) is 3.72. The van der Waals surface area contributed by atoms with Gasteiger partial charge in [0.05, 0.1) is 7.11 Å². The van der Waals surface area contributed by atoms with Crippen LogP contribution in [0.5, 0.6) is 11.5 Å². The molecule has 0 aromatic heterocycles. The summed E-state index contributed by atoms with van der Waals surface area (Å²) in [4.78, 5) is 21.3. The van der Waals surface area contributed by atoms with Crippen LogP contribution < -0.4 is 9.47 Å². The number of ether oxygens (including phenoxy) is 2. The smallest absolute Gasteiger partial charge is 0.328 e. The third kappa shape index (κ3) is 9.97. The van der Waals surface area contributed by atoms with Crippen molar-refractivity contribution >= 4 is 11.9 Å². The maximum atomic E-state index is 9.55. The quantitative estimate of drug-likeness (QED) is 0.621. The lowest BCUT2D eigenvalue weighted by atomic mass is 10.1. The topological polar surface area (TPSA) is 96.3 Å². The number of rotatable bonds is 9. The molecule has 1 atom stereocenters. The van der Waals surface area contributed by atoms with E-state index in [2.05, 4.69) is 31.1 Å². The van der Waals surface area contributed by atoms with Gasteiger partial charge in [-0.1, -0.05) is 42.5 Å². The number of nitrogens with zero attached hydrogens (tertiary/aromatic N) is 1. The number of methoxy groups -OCH3 is 1. The van der Waals surface area contributed by atoms with E-state index in [0.29, 0.717) is 12.2 Å². The first kappa shape index (κ1) is 23.7. The van der Waals surface area contributed by atoms with E-state index in [1.807, 2.05) is 42.5 Å². The Balaban J connectivity index is 0.000000447. The zero-order chi connectivity index (χ0) is 21.6. The van der Waals surface area contributed by atoms with Crippen molar-refractivity contribution in [3.05, 3.63) is 72.3 Å². The van der Waals surface area contributed by atoms with Gasteiger partial charge in [-0.3, -0.25) is 0 Å². The summed E-state index contributed by atoms with van der Waals surface area (Å²) in [6.07, 6.45) is 2.06. The maximum Gasteiger partial charge on any atom is 0.328 e. The van der Waals surface area contributed by atoms with Crippen molar-refractivity contribution in [2.24, 2.45) is 0 Å². The first-order chi connectivity index (χ1) is 13.8. The van der Waals surface area contributed by atoms with E-state index in [-0.39, 0.29) is 6.10 Å². The average Bonchev–Trinajstić information content (AvgIpc) is 2.71. The second-order valence-corrected chi connectivity index (χ2v) is 6.27. The molecule has 156 valence electrons. The van der Waals surface area contributed by atoms with E-state index in [0.717, 1.165) is 24.5 Å². The fourth-order valence-electron chi connectivity index (χ4n) is 2.35. The minimum absolute atomic E-state index is 0.0184. The van der Waals surface area contributed by atoms with Gasteiger partial charge in [0.1, 0.15) is 6.10 Å². The molecule has 0 bridgehead atoms. The number of carboxylic acids is 2. The molecule has 0 saturated heterocycles. The number of carbonyl (C=O) groups is 2. The molecule has 29 heavy (non-hydrogen) atoms. The average molecular weight is 401 g/mol. The van der Waals surface area contributed by atoms with Crippen LogP contribution in [0.2, 0.25) is 0 Å². The van der Waals surface area contributed by atoms with Crippen LogP contribution in [0, 0.1) is 0 Å². The van der Waals surface area contributed by atoms with Crippen LogP contribution in [0.3, 0.4) is 0 Å². The van der Waals surface area contributed by atoms with Gasteiger partial charge >= 0.3 is 11.9 Å². The largest absolute Gasteiger partial charge is 0.493 e. The summed E-state index contributed by atoms with van der Waals surface area (Å²) in [6.45, 7) is 0.967. The molecular weight excluding hydrogens is 374 g/mol. The minimum Gasteiger partial charge on any atom is -0.493 e. The Morgan fingerprint density at radius 3 is 1.93 bits per heavy atom. The van der Waals surface area contributed by atoms with Gasteiger partial charge < -0.3 is 24.6 Å². The van der Waals surface area contributed by atoms with E-state index in [1.165, 1.54) is 5.56 Å². The second-order valence-electron chi connectivity index (χ2n) is 6.27. The zero-order valence-electron chi connectivity index (χ0n) is 16.8. The molecule has 7 nitrogen and oxygen atoms in total. The highest BCUT2D eigenvalue weighted by Gasteiger charge is 2.15. The van der Waals surface area contributed by atoms with E-state index < -0.39 is 11.9 Å². The summed E-state index contributed by atoms with van der Waals surface area (Å²) in [5.74, 6) is -0.962. The number of carboxylic acid groups (broad SMARTS) is 2. The van der Waals surface area contributed by atoms with Gasteiger partial charge in [0.25, 0.3) is 0 Å². The van der Waals surface area contributed by atoms with Crippen molar-refractivity contribution in [3.8, 4) is 11.5 Å². The molecular formula is C22H27NO6. The third-order valence-electron chi connectivity index (χ3n) is 3.72. The predicted molar refractivity (Wildman–Crippen MR) is 110 cm³/mol. The molecule has 0 fully saturated rings. The molecule has 0 amide bonds. The number of benzene rings is 2. The van der Waals surface area contributed by atoms with Crippen molar-refractivity contribution in [1.29, 1.82) is 0 Å². The summed E-state index contributed by atoms with van der Waals surface area (Å²) in [5.41, 5.74) is 1.19. The number of hydrogen-bond acceptors (Lipinski definition) is 5. The number of para-hydroxylation sites is 2. The molecule has 0 spiro atoms. The summed E-state index contributed by atoms with van der Waals surface area (Å²) in [6, 6.07) is 18.1. The van der Waals surface area contributed by atoms with Crippen molar-refractivity contribution in [1.82, 2.24) is 4.90 Å². The van der Waals surface area contributed by atoms with Gasteiger partial charge in [-0.15, -0.1) is 0 Å². The Labute approximate surface area is 170 Å². The van der Waals surface area contributed by atoms with Gasteiger partial charge in [0, 0.05) is 25.1 Å². The summed E-state index contributed by atoms with van der Waals surface area (Å²) in [5, 5.41) is 15.6. The van der Waals surface area contributed by atoms with Crippen molar-refractivity contribution in [2.45, 2.75) is 12.5 Å². The van der Waals surface area contributed by atoms with Gasteiger partial charge in [0.15, 0.2) is 11.5 Å². The minimum atomic E-state index is -1.26. The summed E-state index contributed by atoms with van der Waals surface area (Å²) < 4.78 is 11.6. The molecule has 0 saturated carbocycles. The van der Waals surface area contributed by atoms with Crippen LogP contribution in [0.1, 0.15) is 18.1 Å². The maximum absolute atomic E-state index is 9.55. The Hall–Kier alpha value is -3.32. The first-order valence-electron chi connectivity index (χ1n) is 8.96. The fourth-order valence-corrected chi connectivity index (χ4v) is 2.35. The number of hydrogen-bond donors (Lipinski definition) is 2. The van der Waals surface area contributed by atoms with Gasteiger partial charge in [0.2, 0.25) is 0 Å². The second kappa shape index (κ2) is 13.0. The highest BCUT2D eigenvalue weighted by Crippen LogP contribution is 2.32. The molecule has 0 aliphatic heterocycles. The molecule has 2 aromatic carbocycles. The summed E-state index contributed by atoms with van der Waals surface area (Å²) >= 11 is 0. The Bertz CT molecular complexity index is 773. The van der Waals surface area contributed by atoms with E-state index in [4.69, 9.17) is 19.7 Å². The van der Waals surface area contributed by atoms with Crippen LogP contribution in [-0.2, 0) is 9.59 Å². The summed E-state index contributed by atoms with van der Waals surface area (Å²) in [7, 11) is 5.82. The predicted octanol–water partition coefficient (Wildman–Crippen LogP) is 3.48. The SMILES string of the molecule is COc1ccccc1OC(CCN(C)C)c1ccccc1.O=C(O)/C=C\C(=O)O. The lowest BCUT2D eigenvalue weighted by molar-refractivity contribution is -0.134. The molecule has 7 heteroatoms. The molecule has 0 aliphatic rings.